The van der Waals surface area contributed by atoms with Gasteiger partial charge in [-0.3, -0.25) is 9.59 Å². The molecule has 0 spiro atoms. The Balaban J connectivity index is 1.91. The summed E-state index contributed by atoms with van der Waals surface area (Å²) < 4.78 is 5.09. The van der Waals surface area contributed by atoms with E-state index >= 15 is 0 Å². The molecule has 2 rings (SSSR count). The summed E-state index contributed by atoms with van der Waals surface area (Å²) in [7, 11) is 0. The van der Waals surface area contributed by atoms with Gasteiger partial charge in [-0.15, -0.1) is 0 Å². The Bertz CT molecular complexity index is 720. The lowest BCUT2D eigenvalue weighted by molar-refractivity contribution is -0.151. The van der Waals surface area contributed by atoms with Crippen LogP contribution in [0.2, 0.25) is 10.0 Å². The highest BCUT2D eigenvalue weighted by atomic mass is 35.5. The van der Waals surface area contributed by atoms with Gasteiger partial charge in [0.2, 0.25) is 0 Å². The molecule has 2 amide bonds. The van der Waals surface area contributed by atoms with E-state index in [1.165, 1.54) is 18.2 Å². The maximum atomic E-state index is 12.4. The third kappa shape index (κ3) is 6.40. The highest BCUT2D eigenvalue weighted by Crippen LogP contribution is 2.32. The summed E-state index contributed by atoms with van der Waals surface area (Å²) in [6.07, 6.45) is 2.21. The highest BCUT2D eigenvalue weighted by molar-refractivity contribution is 6.36. The second-order valence-electron chi connectivity index (χ2n) is 7.12. The first-order valence-electron chi connectivity index (χ1n) is 8.91. The van der Waals surface area contributed by atoms with E-state index in [-0.39, 0.29) is 35.1 Å². The lowest BCUT2D eigenvalue weighted by Gasteiger charge is -2.21. The maximum Gasteiger partial charge on any atom is 0.329 e. The molecule has 1 aliphatic carbocycles. The summed E-state index contributed by atoms with van der Waals surface area (Å²) in [5, 5.41) is 6.01. The van der Waals surface area contributed by atoms with E-state index in [1.807, 2.05) is 6.92 Å². The van der Waals surface area contributed by atoms with E-state index in [0.717, 1.165) is 12.8 Å². The number of nitrogens with one attached hydrogen (secondary N) is 2. The van der Waals surface area contributed by atoms with E-state index in [1.54, 1.807) is 13.8 Å². The molecule has 1 aliphatic rings. The quantitative estimate of drug-likeness (QED) is 0.639. The monoisotopic (exact) mass is 414 g/mol. The number of hydrogen-bond acceptors (Lipinski definition) is 4. The first kappa shape index (κ1) is 21.5. The largest absolute Gasteiger partial charge is 0.454 e. The molecule has 1 aromatic carbocycles. The predicted octanol–water partition coefficient (Wildman–Crippen LogP) is 3.21. The van der Waals surface area contributed by atoms with Crippen molar-refractivity contribution in [1.82, 2.24) is 10.6 Å². The van der Waals surface area contributed by atoms with Gasteiger partial charge >= 0.3 is 5.97 Å². The fourth-order valence-corrected chi connectivity index (χ4v) is 3.12. The molecule has 2 atom stereocenters. The Morgan fingerprint density at radius 2 is 1.81 bits per heavy atom. The average Bonchev–Trinajstić information content (AvgIpc) is 3.42. The van der Waals surface area contributed by atoms with Gasteiger partial charge in [-0.2, -0.15) is 0 Å². The van der Waals surface area contributed by atoms with Gasteiger partial charge in [0.05, 0.1) is 10.6 Å². The van der Waals surface area contributed by atoms with Crippen molar-refractivity contribution in [2.24, 2.45) is 11.8 Å². The summed E-state index contributed by atoms with van der Waals surface area (Å²) in [6.45, 7) is 5.09. The Morgan fingerprint density at radius 1 is 1.15 bits per heavy atom. The minimum absolute atomic E-state index is 0.0730. The molecule has 0 unspecified atom stereocenters. The Labute approximate surface area is 168 Å². The molecule has 148 valence electrons. The van der Waals surface area contributed by atoms with Crippen LogP contribution in [-0.4, -0.2) is 36.5 Å². The van der Waals surface area contributed by atoms with Crippen LogP contribution in [0.4, 0.5) is 0 Å². The molecule has 8 heteroatoms. The topological polar surface area (TPSA) is 84.5 Å². The van der Waals surface area contributed by atoms with Crippen molar-refractivity contribution in [3.63, 3.8) is 0 Å². The molecule has 1 fully saturated rings. The predicted molar refractivity (Wildman–Crippen MR) is 104 cm³/mol. The van der Waals surface area contributed by atoms with Crippen molar-refractivity contribution in [3.05, 3.63) is 33.8 Å². The van der Waals surface area contributed by atoms with Crippen molar-refractivity contribution in [2.75, 3.05) is 6.61 Å². The standard InChI is InChI=1S/C19H24Cl2N2O4/c1-10(2)17(23-18(25)14-7-6-13(20)8-15(14)21)19(26)27-9-16(24)22-11(3)12-4-5-12/h6-8,10-12,17H,4-5,9H2,1-3H3,(H,22,24)(H,23,25)/t11-,17-/m0/s1. The van der Waals surface area contributed by atoms with Crippen LogP contribution in [0.25, 0.3) is 0 Å². The average molecular weight is 415 g/mol. The molecule has 0 bridgehead atoms. The van der Waals surface area contributed by atoms with Crippen LogP contribution in [0.15, 0.2) is 18.2 Å². The van der Waals surface area contributed by atoms with Crippen molar-refractivity contribution < 1.29 is 19.1 Å². The van der Waals surface area contributed by atoms with Gasteiger partial charge in [-0.1, -0.05) is 37.0 Å². The van der Waals surface area contributed by atoms with Crippen LogP contribution < -0.4 is 10.6 Å². The minimum atomic E-state index is -0.905. The molecule has 0 aromatic heterocycles. The molecule has 1 saturated carbocycles. The van der Waals surface area contributed by atoms with Gasteiger partial charge in [0.25, 0.3) is 11.8 Å². The second kappa shape index (κ2) is 9.42. The lowest BCUT2D eigenvalue weighted by atomic mass is 10.0. The summed E-state index contributed by atoms with van der Waals surface area (Å²) in [5.41, 5.74) is 0.204. The fraction of sp³-hybridized carbons (Fsp3) is 0.526. The second-order valence-corrected chi connectivity index (χ2v) is 7.96. The zero-order valence-corrected chi connectivity index (χ0v) is 17.1. The molecule has 0 aliphatic heterocycles. The van der Waals surface area contributed by atoms with Crippen molar-refractivity contribution in [2.45, 2.75) is 45.7 Å². The Kier molecular flexibility index (Phi) is 7.50. The molecule has 0 heterocycles. The number of amides is 2. The molecule has 0 radical (unpaired) electrons. The number of benzene rings is 1. The summed E-state index contributed by atoms with van der Waals surface area (Å²) in [5.74, 6) is -1.26. The number of rotatable bonds is 8. The SMILES string of the molecule is CC(C)[C@H](NC(=O)c1ccc(Cl)cc1Cl)C(=O)OCC(=O)N[C@@H](C)C1CC1. The zero-order valence-electron chi connectivity index (χ0n) is 15.6. The number of hydrogen-bond donors (Lipinski definition) is 2. The number of carbonyl (C=O) groups is 3. The van der Waals surface area contributed by atoms with E-state index in [2.05, 4.69) is 10.6 Å². The van der Waals surface area contributed by atoms with Crippen LogP contribution in [0.1, 0.15) is 44.0 Å². The number of ether oxygens (including phenoxy) is 1. The first-order chi connectivity index (χ1) is 12.7. The fourth-order valence-electron chi connectivity index (χ4n) is 2.63. The maximum absolute atomic E-state index is 12.4. The summed E-state index contributed by atoms with van der Waals surface area (Å²) >= 11 is 11.9. The van der Waals surface area contributed by atoms with Gasteiger partial charge in [0.15, 0.2) is 6.61 Å². The summed E-state index contributed by atoms with van der Waals surface area (Å²) in [6, 6.07) is 3.64. The summed E-state index contributed by atoms with van der Waals surface area (Å²) in [4.78, 5) is 36.7. The Morgan fingerprint density at radius 3 is 2.37 bits per heavy atom. The molecular weight excluding hydrogens is 391 g/mol. The van der Waals surface area contributed by atoms with E-state index in [9.17, 15) is 14.4 Å². The molecule has 6 nitrogen and oxygen atoms in total. The molecule has 1 aromatic rings. The minimum Gasteiger partial charge on any atom is -0.454 e. The Hall–Kier alpha value is -1.79. The van der Waals surface area contributed by atoms with Gasteiger partial charge in [0.1, 0.15) is 6.04 Å². The van der Waals surface area contributed by atoms with Gasteiger partial charge in [0, 0.05) is 11.1 Å². The van der Waals surface area contributed by atoms with Crippen molar-refractivity contribution in [1.29, 1.82) is 0 Å². The van der Waals surface area contributed by atoms with E-state index in [0.29, 0.717) is 10.9 Å². The lowest BCUT2D eigenvalue weighted by Crippen LogP contribution is -2.46. The highest BCUT2D eigenvalue weighted by Gasteiger charge is 2.30. The van der Waals surface area contributed by atoms with Crippen LogP contribution in [-0.2, 0) is 14.3 Å². The van der Waals surface area contributed by atoms with E-state index in [4.69, 9.17) is 27.9 Å². The van der Waals surface area contributed by atoms with Crippen LogP contribution >= 0.6 is 23.2 Å². The number of esters is 1. The molecule has 2 N–H and O–H groups in total. The van der Waals surface area contributed by atoms with E-state index < -0.39 is 17.9 Å². The van der Waals surface area contributed by atoms with Crippen molar-refractivity contribution in [3.8, 4) is 0 Å². The number of carbonyl (C=O) groups excluding carboxylic acids is 3. The molecule has 0 saturated heterocycles. The van der Waals surface area contributed by atoms with Crippen LogP contribution in [0, 0.1) is 11.8 Å². The van der Waals surface area contributed by atoms with Crippen molar-refractivity contribution >= 4 is 41.0 Å². The normalized spacial score (nSPS) is 15.8. The zero-order chi connectivity index (χ0) is 20.1. The smallest absolute Gasteiger partial charge is 0.329 e. The third-order valence-corrected chi connectivity index (χ3v) is 4.99. The van der Waals surface area contributed by atoms with Gasteiger partial charge in [-0.25, -0.2) is 4.79 Å². The van der Waals surface area contributed by atoms with Gasteiger partial charge in [-0.05, 0) is 49.8 Å². The molecule has 27 heavy (non-hydrogen) atoms. The van der Waals surface area contributed by atoms with Gasteiger partial charge < -0.3 is 15.4 Å². The molecular formula is C19H24Cl2N2O4. The van der Waals surface area contributed by atoms with Crippen LogP contribution in [0.3, 0.4) is 0 Å². The van der Waals surface area contributed by atoms with Crippen LogP contribution in [0.5, 0.6) is 0 Å². The first-order valence-corrected chi connectivity index (χ1v) is 9.66. The third-order valence-electron chi connectivity index (χ3n) is 4.45. The number of halogens is 2.